The highest BCUT2D eigenvalue weighted by Crippen LogP contribution is 2.23. The fourth-order valence-electron chi connectivity index (χ4n) is 1.09. The molecule has 0 aromatic heterocycles. The van der Waals surface area contributed by atoms with Gasteiger partial charge in [-0.3, -0.25) is 0 Å². The largest absolute Gasteiger partial charge is 0.497 e. The lowest BCUT2D eigenvalue weighted by atomic mass is 10.2. The van der Waals surface area contributed by atoms with Crippen LogP contribution in [-0.4, -0.2) is 31.0 Å². The van der Waals surface area contributed by atoms with Crippen molar-refractivity contribution >= 4 is 5.69 Å². The maximum Gasteiger partial charge on any atom is 0.416 e. The number of aliphatic hydroxyl groups is 1. The summed E-state index contributed by atoms with van der Waals surface area (Å²) in [4.78, 5) is 0. The van der Waals surface area contributed by atoms with Gasteiger partial charge >= 0.3 is 6.18 Å². The number of hydrogen-bond donors (Lipinski definition) is 2. The van der Waals surface area contributed by atoms with Crippen LogP contribution in [0.25, 0.3) is 0 Å². The Morgan fingerprint density at radius 3 is 2.59 bits per heavy atom. The van der Waals surface area contributed by atoms with Crippen LogP contribution in [0.4, 0.5) is 23.2 Å². The Morgan fingerprint density at radius 1 is 1.41 bits per heavy atom. The number of hydrogen-bond acceptors (Lipinski definition) is 3. The van der Waals surface area contributed by atoms with Crippen LogP contribution in [0.15, 0.2) is 18.2 Å². The van der Waals surface area contributed by atoms with Gasteiger partial charge in [0.2, 0.25) is 0 Å². The van der Waals surface area contributed by atoms with Gasteiger partial charge in [0.25, 0.3) is 0 Å². The molecule has 1 aromatic carbocycles. The molecule has 0 saturated carbocycles. The Balaban J connectivity index is 2.69. The molecule has 0 amide bonds. The normalized spacial score (nSPS) is 13.3. The van der Waals surface area contributed by atoms with E-state index < -0.39 is 24.6 Å². The first kappa shape index (κ1) is 13.6. The molecule has 96 valence electrons. The molecule has 0 aliphatic carbocycles. The molecule has 0 fully saturated rings. The van der Waals surface area contributed by atoms with Gasteiger partial charge in [0.15, 0.2) is 6.10 Å². The minimum atomic E-state index is -4.73. The minimum Gasteiger partial charge on any atom is -0.497 e. The highest BCUT2D eigenvalue weighted by atomic mass is 19.4. The highest BCUT2D eigenvalue weighted by molar-refractivity contribution is 5.49. The van der Waals surface area contributed by atoms with Gasteiger partial charge in [-0.05, 0) is 12.1 Å². The van der Waals surface area contributed by atoms with Crippen molar-refractivity contribution in [2.24, 2.45) is 0 Å². The maximum absolute atomic E-state index is 13.2. The third-order valence-electron chi connectivity index (χ3n) is 2.04. The predicted molar refractivity (Wildman–Crippen MR) is 53.5 cm³/mol. The van der Waals surface area contributed by atoms with E-state index in [0.29, 0.717) is 5.75 Å². The van der Waals surface area contributed by atoms with Crippen LogP contribution in [-0.2, 0) is 0 Å². The molecule has 0 saturated heterocycles. The molecule has 0 bridgehead atoms. The second kappa shape index (κ2) is 5.22. The van der Waals surface area contributed by atoms with E-state index in [0.717, 1.165) is 6.07 Å². The molecule has 0 heterocycles. The number of rotatable bonds is 4. The lowest BCUT2D eigenvalue weighted by Crippen LogP contribution is -2.35. The van der Waals surface area contributed by atoms with Crippen LogP contribution >= 0.6 is 0 Å². The standard InChI is InChI=1S/C10H11F4NO2/c1-17-6-2-3-7(11)8(4-6)15-5-9(16)10(12,13)14/h2-4,9,15-16H,5H2,1H3. The summed E-state index contributed by atoms with van der Waals surface area (Å²) >= 11 is 0. The van der Waals surface area contributed by atoms with Crippen molar-refractivity contribution in [1.29, 1.82) is 0 Å². The number of halogens is 4. The molecule has 7 heteroatoms. The van der Waals surface area contributed by atoms with Gasteiger partial charge in [-0.25, -0.2) is 4.39 Å². The average molecular weight is 253 g/mol. The lowest BCUT2D eigenvalue weighted by molar-refractivity contribution is -0.198. The summed E-state index contributed by atoms with van der Waals surface area (Å²) in [5.41, 5.74) is -0.160. The van der Waals surface area contributed by atoms with E-state index >= 15 is 0 Å². The topological polar surface area (TPSA) is 41.5 Å². The van der Waals surface area contributed by atoms with Crippen LogP contribution in [0, 0.1) is 5.82 Å². The Kier molecular flexibility index (Phi) is 4.17. The van der Waals surface area contributed by atoms with Crippen LogP contribution < -0.4 is 10.1 Å². The highest BCUT2D eigenvalue weighted by Gasteiger charge is 2.37. The molecule has 1 aromatic rings. The van der Waals surface area contributed by atoms with E-state index in [1.807, 2.05) is 0 Å². The van der Waals surface area contributed by atoms with Gasteiger partial charge in [0.05, 0.1) is 12.8 Å². The van der Waals surface area contributed by atoms with Crippen molar-refractivity contribution in [2.75, 3.05) is 19.0 Å². The molecule has 1 unspecified atom stereocenters. The Labute approximate surface area is 95.0 Å². The van der Waals surface area contributed by atoms with Gasteiger partial charge in [-0.15, -0.1) is 0 Å². The lowest BCUT2D eigenvalue weighted by Gasteiger charge is -2.16. The molecule has 0 aliphatic rings. The average Bonchev–Trinajstić information content (AvgIpc) is 2.26. The summed E-state index contributed by atoms with van der Waals surface area (Å²) < 4.78 is 53.9. The van der Waals surface area contributed by atoms with Gasteiger partial charge < -0.3 is 15.2 Å². The zero-order valence-electron chi connectivity index (χ0n) is 8.88. The second-order valence-electron chi connectivity index (χ2n) is 3.28. The summed E-state index contributed by atoms with van der Waals surface area (Å²) in [5.74, 6) is -0.421. The fourth-order valence-corrected chi connectivity index (χ4v) is 1.09. The molecular formula is C10H11F4NO2. The molecule has 3 nitrogen and oxygen atoms in total. The number of methoxy groups -OCH3 is 1. The van der Waals surface area contributed by atoms with Gasteiger partial charge in [0, 0.05) is 12.6 Å². The van der Waals surface area contributed by atoms with E-state index in [9.17, 15) is 17.6 Å². The number of anilines is 1. The molecule has 0 aliphatic heterocycles. The second-order valence-corrected chi connectivity index (χ2v) is 3.28. The van der Waals surface area contributed by atoms with Crippen molar-refractivity contribution in [3.63, 3.8) is 0 Å². The van der Waals surface area contributed by atoms with Crippen molar-refractivity contribution in [3.8, 4) is 5.75 Å². The summed E-state index contributed by atoms with van der Waals surface area (Å²) in [7, 11) is 1.35. The molecule has 1 rings (SSSR count). The summed E-state index contributed by atoms with van der Waals surface area (Å²) in [6.45, 7) is -0.826. The first-order valence-electron chi connectivity index (χ1n) is 4.67. The summed E-state index contributed by atoms with van der Waals surface area (Å²) in [5, 5.41) is 10.9. The minimum absolute atomic E-state index is 0.160. The maximum atomic E-state index is 13.2. The van der Waals surface area contributed by atoms with Crippen molar-refractivity contribution in [2.45, 2.75) is 12.3 Å². The molecule has 2 N–H and O–H groups in total. The third kappa shape index (κ3) is 3.77. The van der Waals surface area contributed by atoms with Crippen molar-refractivity contribution in [1.82, 2.24) is 0 Å². The Morgan fingerprint density at radius 2 is 2.06 bits per heavy atom. The van der Waals surface area contributed by atoms with E-state index in [4.69, 9.17) is 9.84 Å². The number of alkyl halides is 3. The first-order chi connectivity index (χ1) is 7.84. The van der Waals surface area contributed by atoms with Crippen molar-refractivity contribution in [3.05, 3.63) is 24.0 Å². The summed E-state index contributed by atoms with van der Waals surface area (Å²) in [6, 6.07) is 3.60. The molecular weight excluding hydrogens is 242 g/mol. The van der Waals surface area contributed by atoms with Crippen LogP contribution in [0.3, 0.4) is 0 Å². The number of benzene rings is 1. The zero-order chi connectivity index (χ0) is 13.1. The van der Waals surface area contributed by atoms with Crippen LogP contribution in [0.2, 0.25) is 0 Å². The van der Waals surface area contributed by atoms with Gasteiger partial charge in [-0.2, -0.15) is 13.2 Å². The van der Waals surface area contributed by atoms with Gasteiger partial charge in [-0.1, -0.05) is 0 Å². The van der Waals surface area contributed by atoms with Gasteiger partial charge in [0.1, 0.15) is 11.6 Å². The van der Waals surface area contributed by atoms with Crippen molar-refractivity contribution < 1.29 is 27.4 Å². The van der Waals surface area contributed by atoms with E-state index in [1.165, 1.54) is 19.2 Å². The quantitative estimate of drug-likeness (QED) is 0.808. The monoisotopic (exact) mass is 253 g/mol. The fraction of sp³-hybridized carbons (Fsp3) is 0.400. The van der Waals surface area contributed by atoms with E-state index in [1.54, 1.807) is 0 Å². The SMILES string of the molecule is COc1ccc(F)c(NCC(O)C(F)(F)F)c1. The molecule has 17 heavy (non-hydrogen) atoms. The molecule has 0 spiro atoms. The molecule has 1 atom stereocenters. The first-order valence-corrected chi connectivity index (χ1v) is 4.67. The third-order valence-corrected chi connectivity index (χ3v) is 2.04. The predicted octanol–water partition coefficient (Wildman–Crippen LogP) is 2.17. The van der Waals surface area contributed by atoms with E-state index in [-0.39, 0.29) is 5.69 Å². The molecule has 0 radical (unpaired) electrons. The van der Waals surface area contributed by atoms with Crippen LogP contribution in [0.5, 0.6) is 5.75 Å². The smallest absolute Gasteiger partial charge is 0.416 e. The zero-order valence-corrected chi connectivity index (χ0v) is 8.88. The van der Waals surface area contributed by atoms with Crippen LogP contribution in [0.1, 0.15) is 0 Å². The Hall–Kier alpha value is -1.50. The Bertz CT molecular complexity index is 381. The van der Waals surface area contributed by atoms with E-state index in [2.05, 4.69) is 5.32 Å². The summed E-state index contributed by atoms with van der Waals surface area (Å²) in [6.07, 6.45) is -7.28. The number of aliphatic hydroxyl groups excluding tert-OH is 1. The number of ether oxygens (including phenoxy) is 1. The number of nitrogens with one attached hydrogen (secondary N) is 1.